The minimum atomic E-state index is -1.34. The number of carbonyl (C=O) groups is 2. The summed E-state index contributed by atoms with van der Waals surface area (Å²) in [5.74, 6) is 0.760. The van der Waals surface area contributed by atoms with Gasteiger partial charge in [-0.25, -0.2) is 4.39 Å². The largest absolute Gasteiger partial charge is 0.391 e. The smallest absolute Gasteiger partial charge is 0.173 e. The summed E-state index contributed by atoms with van der Waals surface area (Å²) in [7, 11) is 0. The number of rotatable bonds is 3. The van der Waals surface area contributed by atoms with Crippen LogP contribution in [0.1, 0.15) is 72.1 Å². The van der Waals surface area contributed by atoms with E-state index in [4.69, 9.17) is 4.84 Å². The van der Waals surface area contributed by atoms with Gasteiger partial charge < -0.3 is 10.2 Å². The number of nitrogens with zero attached hydrogens (tertiary/aromatic N) is 1. The summed E-state index contributed by atoms with van der Waals surface area (Å²) in [6.45, 7) is 8.23. The molecule has 0 aromatic carbocycles. The van der Waals surface area contributed by atoms with E-state index in [1.54, 1.807) is 0 Å². The van der Waals surface area contributed by atoms with Crippen molar-refractivity contribution in [3.63, 3.8) is 0 Å². The number of oxime groups is 1. The molecule has 0 amide bonds. The van der Waals surface area contributed by atoms with Gasteiger partial charge in [-0.3, -0.25) is 9.59 Å². The predicted octanol–water partition coefficient (Wildman–Crippen LogP) is 4.10. The fraction of sp³-hybridized carbons (Fsp3) is 0.880. The first-order valence-corrected chi connectivity index (χ1v) is 12.4. The van der Waals surface area contributed by atoms with Crippen LogP contribution in [0, 0.1) is 40.4 Å². The van der Waals surface area contributed by atoms with Crippen LogP contribution in [0.25, 0.3) is 0 Å². The Hall–Kier alpha value is -1.30. The number of nitrogens with one attached hydrogen (secondary N) is 1. The Morgan fingerprint density at radius 3 is 2.71 bits per heavy atom. The second kappa shape index (κ2) is 7.64. The van der Waals surface area contributed by atoms with Crippen LogP contribution >= 0.6 is 0 Å². The summed E-state index contributed by atoms with van der Waals surface area (Å²) >= 11 is 0. The van der Waals surface area contributed by atoms with Gasteiger partial charge in [0.2, 0.25) is 0 Å². The molecule has 5 nitrogen and oxygen atoms in total. The maximum atomic E-state index is 14.5. The molecule has 1 aliphatic heterocycles. The molecule has 31 heavy (non-hydrogen) atoms. The Morgan fingerprint density at radius 1 is 1.19 bits per heavy atom. The highest BCUT2D eigenvalue weighted by Crippen LogP contribution is 2.65. The summed E-state index contributed by atoms with van der Waals surface area (Å²) in [4.78, 5) is 32.1. The monoisotopic (exact) mass is 432 g/mol. The van der Waals surface area contributed by atoms with E-state index in [1.165, 1.54) is 0 Å². The molecule has 0 radical (unpaired) electrons. The van der Waals surface area contributed by atoms with Crippen molar-refractivity contribution in [2.24, 2.45) is 45.6 Å². The standard InChI is InChI=1S/C25H37FN2O3/c1-4-15-20(28-31-14-7-10-27-13-14)6-9-24(2)17-5-8-25(3)18(12-19(26)23(25)30)16(17)11-21(29)22(15)24/h14-19,22,27H,4-13H2,1-3H3/b28-20+/t14?,15-,16?,17?,18?,19?,22?,24+,25-/m0/s1. The summed E-state index contributed by atoms with van der Waals surface area (Å²) in [6.07, 6.45) is 4.98. The first-order valence-electron chi connectivity index (χ1n) is 12.4. The molecule has 0 bridgehead atoms. The van der Waals surface area contributed by atoms with Crippen LogP contribution in [-0.4, -0.2) is 42.6 Å². The molecule has 4 aliphatic carbocycles. The zero-order chi connectivity index (χ0) is 22.0. The van der Waals surface area contributed by atoms with Gasteiger partial charge in [0.1, 0.15) is 11.9 Å². The van der Waals surface area contributed by atoms with Crippen LogP contribution in [0.5, 0.6) is 0 Å². The third kappa shape index (κ3) is 3.14. The minimum absolute atomic E-state index is 0.0174. The lowest BCUT2D eigenvalue weighted by atomic mass is 9.43. The molecule has 5 aliphatic rings. The van der Waals surface area contributed by atoms with E-state index in [9.17, 15) is 14.0 Å². The van der Waals surface area contributed by atoms with Crippen molar-refractivity contribution in [1.82, 2.24) is 5.32 Å². The lowest BCUT2D eigenvalue weighted by Crippen LogP contribution is -2.59. The fourth-order valence-electron chi connectivity index (χ4n) is 8.34. The van der Waals surface area contributed by atoms with Gasteiger partial charge in [0.15, 0.2) is 12.0 Å². The van der Waals surface area contributed by atoms with E-state index in [2.05, 4.69) is 24.3 Å². The molecule has 5 fully saturated rings. The highest BCUT2D eigenvalue weighted by molar-refractivity contribution is 5.95. The molecule has 9 atom stereocenters. The van der Waals surface area contributed by atoms with Crippen molar-refractivity contribution in [2.45, 2.75) is 84.4 Å². The van der Waals surface area contributed by atoms with Crippen LogP contribution in [0.3, 0.4) is 0 Å². The van der Waals surface area contributed by atoms with Gasteiger partial charge in [-0.1, -0.05) is 25.9 Å². The Labute approximate surface area is 184 Å². The number of ketones is 2. The fourth-order valence-corrected chi connectivity index (χ4v) is 8.34. The van der Waals surface area contributed by atoms with Crippen molar-refractivity contribution in [1.29, 1.82) is 0 Å². The van der Waals surface area contributed by atoms with E-state index in [1.807, 2.05) is 6.92 Å². The Morgan fingerprint density at radius 2 is 2.00 bits per heavy atom. The molecule has 4 saturated carbocycles. The first-order chi connectivity index (χ1) is 14.8. The van der Waals surface area contributed by atoms with Crippen molar-refractivity contribution < 1.29 is 18.8 Å². The number of Topliss-reactive ketones (excluding diaryl/α,β-unsaturated/α-hetero) is 2. The Bertz CT molecular complexity index is 794. The molecular formula is C25H37FN2O3. The van der Waals surface area contributed by atoms with Crippen molar-refractivity contribution in [3.8, 4) is 0 Å². The molecule has 6 unspecified atom stereocenters. The summed E-state index contributed by atoms with van der Waals surface area (Å²) < 4.78 is 14.5. The Kier molecular flexibility index (Phi) is 5.31. The molecule has 1 saturated heterocycles. The summed E-state index contributed by atoms with van der Waals surface area (Å²) in [5.41, 5.74) is 0.399. The van der Waals surface area contributed by atoms with E-state index in [0.717, 1.165) is 57.3 Å². The van der Waals surface area contributed by atoms with Gasteiger partial charge in [0, 0.05) is 36.6 Å². The van der Waals surface area contributed by atoms with Gasteiger partial charge in [0.05, 0.1) is 5.71 Å². The van der Waals surface area contributed by atoms with Gasteiger partial charge >= 0.3 is 0 Å². The van der Waals surface area contributed by atoms with Crippen molar-refractivity contribution in [2.75, 3.05) is 13.1 Å². The normalized spacial score (nSPS) is 50.8. The van der Waals surface area contributed by atoms with Crippen molar-refractivity contribution in [3.05, 3.63) is 0 Å². The third-order valence-corrected chi connectivity index (χ3v) is 10.0. The topological polar surface area (TPSA) is 67.8 Å². The maximum Gasteiger partial charge on any atom is 0.173 e. The lowest BCUT2D eigenvalue weighted by molar-refractivity contribution is -0.156. The molecule has 1 heterocycles. The summed E-state index contributed by atoms with van der Waals surface area (Å²) in [6, 6.07) is 0. The summed E-state index contributed by atoms with van der Waals surface area (Å²) in [5, 5.41) is 7.90. The number of carbonyl (C=O) groups excluding carboxylic acids is 2. The zero-order valence-electron chi connectivity index (χ0n) is 19.2. The highest BCUT2D eigenvalue weighted by atomic mass is 19.1. The number of halogens is 1. The van der Waals surface area contributed by atoms with Gasteiger partial charge in [-0.2, -0.15) is 0 Å². The first kappa shape index (κ1) is 21.5. The minimum Gasteiger partial charge on any atom is -0.391 e. The zero-order valence-corrected chi connectivity index (χ0v) is 19.2. The van der Waals surface area contributed by atoms with Crippen LogP contribution in [-0.2, 0) is 14.4 Å². The van der Waals surface area contributed by atoms with Crippen LogP contribution in [0.4, 0.5) is 4.39 Å². The van der Waals surface area contributed by atoms with Crippen LogP contribution in [0.15, 0.2) is 5.16 Å². The SMILES string of the molecule is CC[C@H]1/C(=N/OC2CCNC2)CC[C@]2(C)C3CC[C@]4(C)C(=O)C(F)CC4C3CC(=O)C12. The quantitative estimate of drug-likeness (QED) is 0.682. The van der Waals surface area contributed by atoms with Gasteiger partial charge in [0.25, 0.3) is 0 Å². The number of fused-ring (bicyclic) bond motifs is 5. The van der Waals surface area contributed by atoms with E-state index in [0.29, 0.717) is 24.5 Å². The van der Waals surface area contributed by atoms with E-state index < -0.39 is 11.6 Å². The second-order valence-corrected chi connectivity index (χ2v) is 11.4. The second-order valence-electron chi connectivity index (χ2n) is 11.4. The van der Waals surface area contributed by atoms with E-state index in [-0.39, 0.29) is 41.0 Å². The van der Waals surface area contributed by atoms with Crippen LogP contribution in [0.2, 0.25) is 0 Å². The lowest BCUT2D eigenvalue weighted by Gasteiger charge is -2.60. The number of hydrogen-bond donors (Lipinski definition) is 1. The molecule has 0 aromatic heterocycles. The average Bonchev–Trinajstić information content (AvgIpc) is 3.34. The predicted molar refractivity (Wildman–Crippen MR) is 116 cm³/mol. The molecule has 0 spiro atoms. The molecule has 172 valence electrons. The molecule has 5 rings (SSSR count). The van der Waals surface area contributed by atoms with Gasteiger partial charge in [-0.15, -0.1) is 0 Å². The van der Waals surface area contributed by atoms with E-state index >= 15 is 0 Å². The number of hydrogen-bond acceptors (Lipinski definition) is 5. The molecule has 1 N–H and O–H groups in total. The van der Waals surface area contributed by atoms with Crippen LogP contribution < -0.4 is 5.32 Å². The average molecular weight is 433 g/mol. The molecule has 6 heteroatoms. The third-order valence-electron chi connectivity index (χ3n) is 10.0. The Balaban J connectivity index is 1.42. The highest BCUT2D eigenvalue weighted by Gasteiger charge is 2.65. The number of alkyl halides is 1. The van der Waals surface area contributed by atoms with Gasteiger partial charge in [-0.05, 0) is 68.2 Å². The molecule has 0 aromatic rings. The molecular weight excluding hydrogens is 395 g/mol. The van der Waals surface area contributed by atoms with Crippen molar-refractivity contribution >= 4 is 17.3 Å². The maximum absolute atomic E-state index is 14.5.